The van der Waals surface area contributed by atoms with Gasteiger partial charge >= 0.3 is 11.4 Å². The fourth-order valence-corrected chi connectivity index (χ4v) is 1.91. The van der Waals surface area contributed by atoms with Crippen LogP contribution in [0, 0.1) is 10.1 Å². The zero-order valence-corrected chi connectivity index (χ0v) is 9.18. The van der Waals surface area contributed by atoms with Gasteiger partial charge in [0.2, 0.25) is 0 Å². The van der Waals surface area contributed by atoms with Gasteiger partial charge in [0.1, 0.15) is 5.38 Å². The van der Waals surface area contributed by atoms with Crippen LogP contribution in [0.4, 0.5) is 0 Å². The summed E-state index contributed by atoms with van der Waals surface area (Å²) in [6.45, 7) is 0. The Labute approximate surface area is 97.3 Å². The monoisotopic (exact) mass is 242 g/mol. The van der Waals surface area contributed by atoms with Gasteiger partial charge in [0.25, 0.3) is 0 Å². The molecule has 1 amide bonds. The number of halogens is 1. The molecule has 2 unspecified atom stereocenters. The van der Waals surface area contributed by atoms with Gasteiger partial charge in [0.15, 0.2) is 0 Å². The summed E-state index contributed by atoms with van der Waals surface area (Å²) in [5, 5.41) is 12.8. The molecule has 0 aliphatic heterocycles. The van der Waals surface area contributed by atoms with Crippen LogP contribution in [0.3, 0.4) is 0 Å². The van der Waals surface area contributed by atoms with E-state index in [-0.39, 0.29) is 6.04 Å². The Balaban J connectivity index is 2.26. The molecule has 0 bridgehead atoms. The van der Waals surface area contributed by atoms with E-state index in [0.717, 1.165) is 12.8 Å². The molecule has 2 atom stereocenters. The summed E-state index contributed by atoms with van der Waals surface area (Å²) in [6, 6.07) is 0.0764. The number of carbonyl (C=O) groups is 1. The van der Waals surface area contributed by atoms with Crippen LogP contribution in [0.5, 0.6) is 0 Å². The first kappa shape index (κ1) is 11.1. The van der Waals surface area contributed by atoms with Crippen molar-refractivity contribution in [1.29, 1.82) is 0 Å². The number of allylic oxidation sites excluding steroid dienone is 2. The molecule has 0 aromatic heterocycles. The van der Waals surface area contributed by atoms with Gasteiger partial charge in [-0.1, -0.05) is 18.2 Å². The number of alkyl halides is 1. The van der Waals surface area contributed by atoms with E-state index in [1.54, 1.807) is 6.08 Å². The van der Waals surface area contributed by atoms with Crippen molar-refractivity contribution in [2.24, 2.45) is 0 Å². The van der Waals surface area contributed by atoms with Gasteiger partial charge in [-0.05, 0) is 12.8 Å². The van der Waals surface area contributed by atoms with Crippen molar-refractivity contribution in [2.45, 2.75) is 29.8 Å². The number of amides is 1. The molecular weight excluding hydrogens is 232 g/mol. The van der Waals surface area contributed by atoms with E-state index in [2.05, 4.69) is 5.32 Å². The highest BCUT2D eigenvalue weighted by Gasteiger charge is 2.55. The predicted molar refractivity (Wildman–Crippen MR) is 58.8 cm³/mol. The second-order valence-corrected chi connectivity index (χ2v) is 4.45. The highest BCUT2D eigenvalue weighted by atomic mass is 35.5. The Hall–Kier alpha value is -1.36. The summed E-state index contributed by atoms with van der Waals surface area (Å²) in [5.41, 5.74) is -1.86. The molecule has 1 fully saturated rings. The Bertz CT molecular complexity index is 390. The smallest absolute Gasteiger partial charge is 0.336 e. The predicted octanol–water partition coefficient (Wildman–Crippen LogP) is 1.01. The van der Waals surface area contributed by atoms with Crippen LogP contribution >= 0.6 is 11.6 Å². The van der Waals surface area contributed by atoms with E-state index in [9.17, 15) is 14.9 Å². The fourth-order valence-electron chi connectivity index (χ4n) is 1.58. The average Bonchev–Trinajstić information content (AvgIpc) is 3.02. The standard InChI is InChI=1S/C10H11ClN2O3/c11-8-3-1-2-6-10(8,13(15)16)9(14)12-7-4-5-7/h1-3,6-8H,4-5H2,(H,12,14). The summed E-state index contributed by atoms with van der Waals surface area (Å²) in [4.78, 5) is 22.4. The summed E-state index contributed by atoms with van der Waals surface area (Å²) in [6.07, 6.45) is 7.55. The third-order valence-corrected chi connectivity index (χ3v) is 3.22. The number of nitrogens with one attached hydrogen (secondary N) is 1. The van der Waals surface area contributed by atoms with Crippen molar-refractivity contribution < 1.29 is 9.72 Å². The lowest BCUT2D eigenvalue weighted by Crippen LogP contribution is -2.57. The van der Waals surface area contributed by atoms with Gasteiger partial charge in [0.05, 0.1) is 0 Å². The minimum absolute atomic E-state index is 0.0764. The van der Waals surface area contributed by atoms with Crippen LogP contribution in [-0.4, -0.2) is 27.8 Å². The minimum atomic E-state index is -1.86. The Kier molecular flexibility index (Phi) is 2.71. The van der Waals surface area contributed by atoms with E-state index in [4.69, 9.17) is 11.6 Å². The van der Waals surface area contributed by atoms with E-state index < -0.39 is 21.7 Å². The average molecular weight is 243 g/mol. The minimum Gasteiger partial charge on any atom is -0.347 e. The van der Waals surface area contributed by atoms with E-state index >= 15 is 0 Å². The maximum Gasteiger partial charge on any atom is 0.336 e. The first-order valence-electron chi connectivity index (χ1n) is 5.03. The third-order valence-electron chi connectivity index (χ3n) is 2.74. The van der Waals surface area contributed by atoms with Gasteiger partial charge in [-0.25, -0.2) is 0 Å². The molecule has 0 heterocycles. The molecule has 1 N–H and O–H groups in total. The van der Waals surface area contributed by atoms with E-state index in [0.29, 0.717) is 0 Å². The second-order valence-electron chi connectivity index (χ2n) is 3.98. The summed E-state index contributed by atoms with van der Waals surface area (Å²) < 4.78 is 0. The fraction of sp³-hybridized carbons (Fsp3) is 0.500. The summed E-state index contributed by atoms with van der Waals surface area (Å²) in [7, 11) is 0. The summed E-state index contributed by atoms with van der Waals surface area (Å²) in [5.74, 6) is -0.624. The van der Waals surface area contributed by atoms with Crippen LogP contribution in [0.1, 0.15) is 12.8 Å². The van der Waals surface area contributed by atoms with Gasteiger partial charge in [0, 0.05) is 17.0 Å². The van der Waals surface area contributed by atoms with Crippen molar-refractivity contribution in [3.63, 3.8) is 0 Å². The Morgan fingerprint density at radius 2 is 2.19 bits per heavy atom. The molecule has 86 valence electrons. The van der Waals surface area contributed by atoms with Crippen molar-refractivity contribution in [1.82, 2.24) is 5.32 Å². The molecule has 1 saturated carbocycles. The first-order valence-corrected chi connectivity index (χ1v) is 5.46. The van der Waals surface area contributed by atoms with Crippen LogP contribution in [-0.2, 0) is 4.79 Å². The zero-order chi connectivity index (χ0) is 11.8. The SMILES string of the molecule is O=C(NC1CC1)C1([N+](=O)[O-])C=CC=CC1Cl. The maximum absolute atomic E-state index is 11.9. The normalized spacial score (nSPS) is 32.4. The molecule has 16 heavy (non-hydrogen) atoms. The lowest BCUT2D eigenvalue weighted by atomic mass is 9.90. The van der Waals surface area contributed by atoms with Crippen LogP contribution in [0.15, 0.2) is 24.3 Å². The molecule has 0 aromatic rings. The van der Waals surface area contributed by atoms with Gasteiger partial charge in [-0.3, -0.25) is 14.9 Å². The molecule has 2 aliphatic rings. The molecule has 6 heteroatoms. The van der Waals surface area contributed by atoms with Crippen molar-refractivity contribution >= 4 is 17.5 Å². The quantitative estimate of drug-likeness (QED) is 0.456. The number of nitro groups is 1. The molecule has 0 radical (unpaired) electrons. The van der Waals surface area contributed by atoms with Crippen molar-refractivity contribution in [3.8, 4) is 0 Å². The molecule has 0 saturated heterocycles. The van der Waals surface area contributed by atoms with Gasteiger partial charge in [-0.2, -0.15) is 0 Å². The molecular formula is C10H11ClN2O3. The number of hydrogen-bond donors (Lipinski definition) is 1. The van der Waals surface area contributed by atoms with E-state index in [1.807, 2.05) is 0 Å². The molecule has 0 aromatic carbocycles. The maximum atomic E-state index is 11.9. The topological polar surface area (TPSA) is 72.2 Å². The largest absolute Gasteiger partial charge is 0.347 e. The lowest BCUT2D eigenvalue weighted by molar-refractivity contribution is -0.536. The number of hydrogen-bond acceptors (Lipinski definition) is 3. The first-order chi connectivity index (χ1) is 7.57. The Morgan fingerprint density at radius 1 is 1.50 bits per heavy atom. The highest BCUT2D eigenvalue weighted by Crippen LogP contribution is 2.29. The lowest BCUT2D eigenvalue weighted by Gasteiger charge is -2.25. The van der Waals surface area contributed by atoms with Crippen molar-refractivity contribution in [3.05, 3.63) is 34.4 Å². The third kappa shape index (κ3) is 1.71. The zero-order valence-electron chi connectivity index (χ0n) is 8.43. The van der Waals surface area contributed by atoms with Gasteiger partial charge in [-0.15, -0.1) is 11.6 Å². The number of rotatable bonds is 3. The van der Waals surface area contributed by atoms with Crippen LogP contribution < -0.4 is 5.32 Å². The number of nitrogens with zero attached hydrogens (tertiary/aromatic N) is 1. The number of carbonyl (C=O) groups excluding carboxylic acids is 1. The Morgan fingerprint density at radius 3 is 2.69 bits per heavy atom. The van der Waals surface area contributed by atoms with Crippen molar-refractivity contribution in [2.75, 3.05) is 0 Å². The summed E-state index contributed by atoms with van der Waals surface area (Å²) >= 11 is 5.89. The van der Waals surface area contributed by atoms with Gasteiger partial charge < -0.3 is 5.32 Å². The highest BCUT2D eigenvalue weighted by molar-refractivity contribution is 6.25. The molecule has 2 aliphatic carbocycles. The molecule has 5 nitrogen and oxygen atoms in total. The van der Waals surface area contributed by atoms with Crippen LogP contribution in [0.2, 0.25) is 0 Å². The second kappa shape index (κ2) is 3.90. The van der Waals surface area contributed by atoms with E-state index in [1.165, 1.54) is 18.2 Å². The molecule has 2 rings (SSSR count). The van der Waals surface area contributed by atoms with Crippen LogP contribution in [0.25, 0.3) is 0 Å². The molecule has 0 spiro atoms.